The number of thiazole rings is 1. The highest BCUT2D eigenvalue weighted by Gasteiger charge is 2.33. The molecule has 2 aromatic carbocycles. The maximum Gasteiger partial charge on any atom is 0.417 e. The molecule has 1 heterocycles. The van der Waals surface area contributed by atoms with Gasteiger partial charge in [0.15, 0.2) is 0 Å². The van der Waals surface area contributed by atoms with Gasteiger partial charge in [0.1, 0.15) is 17.4 Å². The van der Waals surface area contributed by atoms with E-state index >= 15 is 0 Å². The van der Waals surface area contributed by atoms with Crippen LogP contribution in [0, 0.1) is 0 Å². The highest BCUT2D eigenvalue weighted by molar-refractivity contribution is 7.13. The molecule has 0 aliphatic heterocycles. The molecule has 3 rings (SSSR count). The molecule has 2 N–H and O–H groups in total. The number of anilines is 1. The van der Waals surface area contributed by atoms with Crippen LogP contribution in [0.2, 0.25) is 0 Å². The smallest absolute Gasteiger partial charge is 0.417 e. The average molecular weight is 350 g/mol. The predicted molar refractivity (Wildman–Crippen MR) is 87.7 cm³/mol. The maximum absolute atomic E-state index is 13.1. The number of nitrogen functional groups attached to an aromatic ring is 1. The summed E-state index contributed by atoms with van der Waals surface area (Å²) in [6.45, 7) is 0.161. The van der Waals surface area contributed by atoms with Crippen molar-refractivity contribution < 1.29 is 17.9 Å². The SMILES string of the molecule is Nc1cccc(OCc2csc(-c3ccccc3C(F)(F)F)n2)c1. The van der Waals surface area contributed by atoms with Gasteiger partial charge in [0.25, 0.3) is 0 Å². The maximum atomic E-state index is 13.1. The molecule has 0 bridgehead atoms. The molecule has 124 valence electrons. The average Bonchev–Trinajstić information content (AvgIpc) is 3.01. The minimum atomic E-state index is -4.42. The van der Waals surface area contributed by atoms with Gasteiger partial charge in [0.2, 0.25) is 0 Å². The van der Waals surface area contributed by atoms with E-state index < -0.39 is 11.7 Å². The summed E-state index contributed by atoms with van der Waals surface area (Å²) in [6.07, 6.45) is -4.42. The second kappa shape index (κ2) is 6.52. The molecular weight excluding hydrogens is 337 g/mol. The van der Waals surface area contributed by atoms with Gasteiger partial charge in [-0.15, -0.1) is 11.3 Å². The first-order valence-electron chi connectivity index (χ1n) is 7.03. The molecule has 1 aromatic heterocycles. The first kappa shape index (κ1) is 16.3. The minimum Gasteiger partial charge on any atom is -0.487 e. The zero-order valence-corrected chi connectivity index (χ0v) is 13.2. The molecular formula is C17H13F3N2OS. The zero-order valence-electron chi connectivity index (χ0n) is 12.4. The van der Waals surface area contributed by atoms with E-state index in [2.05, 4.69) is 4.98 Å². The fourth-order valence-electron chi connectivity index (χ4n) is 2.18. The van der Waals surface area contributed by atoms with Crippen LogP contribution >= 0.6 is 11.3 Å². The van der Waals surface area contributed by atoms with Crippen molar-refractivity contribution in [2.75, 3.05) is 5.73 Å². The summed E-state index contributed by atoms with van der Waals surface area (Å²) in [4.78, 5) is 4.25. The Labute approximate surface area is 140 Å². The fourth-order valence-corrected chi connectivity index (χ4v) is 3.02. The summed E-state index contributed by atoms with van der Waals surface area (Å²) in [6, 6.07) is 12.3. The van der Waals surface area contributed by atoms with Gasteiger partial charge in [-0.3, -0.25) is 0 Å². The van der Waals surface area contributed by atoms with E-state index in [1.807, 2.05) is 0 Å². The van der Waals surface area contributed by atoms with E-state index in [0.717, 1.165) is 17.4 Å². The summed E-state index contributed by atoms with van der Waals surface area (Å²) in [5.41, 5.74) is 6.19. The van der Waals surface area contributed by atoms with Crippen LogP contribution in [-0.2, 0) is 12.8 Å². The van der Waals surface area contributed by atoms with Crippen molar-refractivity contribution in [3.8, 4) is 16.3 Å². The van der Waals surface area contributed by atoms with Gasteiger partial charge in [0, 0.05) is 22.7 Å². The Kier molecular flexibility index (Phi) is 4.44. The van der Waals surface area contributed by atoms with Crippen molar-refractivity contribution in [2.24, 2.45) is 0 Å². The molecule has 0 amide bonds. The molecule has 3 nitrogen and oxygen atoms in total. The Bertz CT molecular complexity index is 846. The first-order valence-corrected chi connectivity index (χ1v) is 7.91. The van der Waals surface area contributed by atoms with Crippen molar-refractivity contribution in [3.05, 3.63) is 65.2 Å². The molecule has 24 heavy (non-hydrogen) atoms. The van der Waals surface area contributed by atoms with Crippen LogP contribution in [0.4, 0.5) is 18.9 Å². The molecule has 3 aromatic rings. The van der Waals surface area contributed by atoms with E-state index in [0.29, 0.717) is 22.1 Å². The summed E-state index contributed by atoms with van der Waals surface area (Å²) in [5, 5.41) is 2.00. The van der Waals surface area contributed by atoms with Crippen LogP contribution in [0.5, 0.6) is 5.75 Å². The summed E-state index contributed by atoms with van der Waals surface area (Å²) < 4.78 is 44.8. The summed E-state index contributed by atoms with van der Waals surface area (Å²) in [7, 11) is 0. The highest BCUT2D eigenvalue weighted by Crippen LogP contribution is 2.37. The lowest BCUT2D eigenvalue weighted by Gasteiger charge is -2.10. The van der Waals surface area contributed by atoms with Gasteiger partial charge >= 0.3 is 6.18 Å². The predicted octanol–water partition coefficient (Wildman–Crippen LogP) is 4.99. The molecule has 0 unspecified atom stereocenters. The Balaban J connectivity index is 1.79. The number of halogens is 3. The van der Waals surface area contributed by atoms with Crippen molar-refractivity contribution in [1.82, 2.24) is 4.98 Å². The molecule has 0 spiro atoms. The number of nitrogens with zero attached hydrogens (tertiary/aromatic N) is 1. The van der Waals surface area contributed by atoms with Gasteiger partial charge in [-0.2, -0.15) is 13.2 Å². The lowest BCUT2D eigenvalue weighted by molar-refractivity contribution is -0.137. The number of benzene rings is 2. The molecule has 0 aliphatic carbocycles. The van der Waals surface area contributed by atoms with E-state index in [1.165, 1.54) is 12.1 Å². The van der Waals surface area contributed by atoms with E-state index in [1.54, 1.807) is 35.7 Å². The zero-order chi connectivity index (χ0) is 17.2. The molecule has 0 fully saturated rings. The largest absolute Gasteiger partial charge is 0.487 e. The lowest BCUT2D eigenvalue weighted by Crippen LogP contribution is -2.06. The van der Waals surface area contributed by atoms with Crippen molar-refractivity contribution in [2.45, 2.75) is 12.8 Å². The third kappa shape index (κ3) is 3.68. The first-order chi connectivity index (χ1) is 11.4. The number of alkyl halides is 3. The number of aromatic nitrogens is 1. The Morgan fingerprint density at radius 2 is 1.88 bits per heavy atom. The number of rotatable bonds is 4. The molecule has 0 saturated carbocycles. The molecule has 0 atom stereocenters. The van der Waals surface area contributed by atoms with Gasteiger partial charge in [0.05, 0.1) is 11.3 Å². The highest BCUT2D eigenvalue weighted by atomic mass is 32.1. The summed E-state index contributed by atoms with van der Waals surface area (Å²) in [5.74, 6) is 0.584. The topological polar surface area (TPSA) is 48.1 Å². The molecule has 7 heteroatoms. The van der Waals surface area contributed by atoms with Crippen molar-refractivity contribution >= 4 is 17.0 Å². The minimum absolute atomic E-state index is 0.0743. The van der Waals surface area contributed by atoms with Crippen LogP contribution in [0.3, 0.4) is 0 Å². The van der Waals surface area contributed by atoms with Gasteiger partial charge in [-0.05, 0) is 18.2 Å². The number of hydrogen-bond acceptors (Lipinski definition) is 4. The van der Waals surface area contributed by atoms with Crippen LogP contribution in [0.1, 0.15) is 11.3 Å². The Morgan fingerprint density at radius 3 is 2.62 bits per heavy atom. The third-order valence-corrected chi connectivity index (χ3v) is 4.18. The fraction of sp³-hybridized carbons (Fsp3) is 0.118. The Morgan fingerprint density at radius 1 is 1.08 bits per heavy atom. The van der Waals surface area contributed by atoms with Crippen LogP contribution in [-0.4, -0.2) is 4.98 Å². The van der Waals surface area contributed by atoms with E-state index in [4.69, 9.17) is 10.5 Å². The van der Waals surface area contributed by atoms with Gasteiger partial charge in [-0.25, -0.2) is 4.98 Å². The standard InChI is InChI=1S/C17H13F3N2OS/c18-17(19,20)15-7-2-1-6-14(15)16-22-12(10-24-16)9-23-13-5-3-4-11(21)8-13/h1-8,10H,9,21H2. The molecule has 0 aliphatic rings. The number of hydrogen-bond donors (Lipinski definition) is 1. The van der Waals surface area contributed by atoms with Gasteiger partial charge in [-0.1, -0.05) is 24.3 Å². The number of ether oxygens (including phenoxy) is 1. The van der Waals surface area contributed by atoms with Gasteiger partial charge < -0.3 is 10.5 Å². The van der Waals surface area contributed by atoms with Crippen LogP contribution in [0.25, 0.3) is 10.6 Å². The van der Waals surface area contributed by atoms with Crippen molar-refractivity contribution in [3.63, 3.8) is 0 Å². The normalized spacial score (nSPS) is 11.5. The Hall–Kier alpha value is -2.54. The lowest BCUT2D eigenvalue weighted by atomic mass is 10.1. The monoisotopic (exact) mass is 350 g/mol. The van der Waals surface area contributed by atoms with E-state index in [-0.39, 0.29) is 12.2 Å². The summed E-state index contributed by atoms with van der Waals surface area (Å²) >= 11 is 1.16. The van der Waals surface area contributed by atoms with Crippen molar-refractivity contribution in [1.29, 1.82) is 0 Å². The second-order valence-corrected chi connectivity index (χ2v) is 5.91. The second-order valence-electron chi connectivity index (χ2n) is 5.05. The van der Waals surface area contributed by atoms with E-state index in [9.17, 15) is 13.2 Å². The van der Waals surface area contributed by atoms with Crippen LogP contribution in [0.15, 0.2) is 53.9 Å². The molecule has 0 saturated heterocycles. The van der Waals surface area contributed by atoms with Crippen LogP contribution < -0.4 is 10.5 Å². The number of nitrogens with two attached hydrogens (primary N) is 1. The molecule has 0 radical (unpaired) electrons. The third-order valence-electron chi connectivity index (χ3n) is 3.26. The quantitative estimate of drug-likeness (QED) is 0.674.